The minimum atomic E-state index is 0.775. The predicted octanol–water partition coefficient (Wildman–Crippen LogP) is 3.66. The lowest BCUT2D eigenvalue weighted by atomic mass is 10.00. The van der Waals surface area contributed by atoms with Gasteiger partial charge in [0, 0.05) is 11.8 Å². The maximum Gasteiger partial charge on any atom is 0.207 e. The number of hydrogen-bond donors (Lipinski definition) is 1. The maximum absolute atomic E-state index is 5.80. The Labute approximate surface area is 169 Å². The second kappa shape index (κ2) is 7.00. The molecule has 1 N–H and O–H groups in total. The van der Waals surface area contributed by atoms with Gasteiger partial charge in [0.1, 0.15) is 0 Å². The van der Waals surface area contributed by atoms with E-state index in [1.54, 1.807) is 0 Å². The van der Waals surface area contributed by atoms with Gasteiger partial charge in [0.25, 0.3) is 0 Å². The Morgan fingerprint density at radius 1 is 1.07 bits per heavy atom. The molecular weight excluding hydrogens is 364 g/mol. The number of para-hydroxylation sites is 1. The molecule has 0 aliphatic carbocycles. The van der Waals surface area contributed by atoms with Crippen LogP contribution in [0.15, 0.2) is 66.7 Å². The van der Waals surface area contributed by atoms with Gasteiger partial charge in [0.15, 0.2) is 12.3 Å². The first-order valence-corrected chi connectivity index (χ1v) is 10.2. The highest BCUT2D eigenvalue weighted by atomic mass is 32.1. The normalized spacial score (nSPS) is 17.2. The number of hydrogen-bond acceptors (Lipinski definition) is 2. The second-order valence-electron chi connectivity index (χ2n) is 7.53. The molecule has 0 saturated heterocycles. The van der Waals surface area contributed by atoms with E-state index in [0.29, 0.717) is 0 Å². The standard InChI is InChI=1S/C23H22N4S/c1-17-15-22-24-26(23(28)27(22)21-10-6-5-9-20(17)21)16-25-13-11-19(12-14-25)18-7-3-2-4-8-18/h2-11,15H,12-14,16H2,1H3/p+1. The van der Waals surface area contributed by atoms with E-state index >= 15 is 0 Å². The van der Waals surface area contributed by atoms with E-state index in [2.05, 4.69) is 78.1 Å². The maximum atomic E-state index is 5.80. The minimum Gasteiger partial charge on any atom is -0.313 e. The van der Waals surface area contributed by atoms with Gasteiger partial charge < -0.3 is 4.90 Å². The molecule has 0 bridgehead atoms. The van der Waals surface area contributed by atoms with Crippen molar-refractivity contribution in [3.63, 3.8) is 0 Å². The summed E-state index contributed by atoms with van der Waals surface area (Å²) in [4.78, 5) is 1.49. The number of pyridine rings is 1. The van der Waals surface area contributed by atoms with Crippen LogP contribution in [0.25, 0.3) is 22.1 Å². The fraction of sp³-hybridized carbons (Fsp3) is 0.217. The van der Waals surface area contributed by atoms with Gasteiger partial charge >= 0.3 is 0 Å². The predicted molar refractivity (Wildman–Crippen MR) is 116 cm³/mol. The Balaban J connectivity index is 1.45. The van der Waals surface area contributed by atoms with E-state index in [0.717, 1.165) is 42.1 Å². The zero-order valence-corrected chi connectivity index (χ0v) is 16.7. The third kappa shape index (κ3) is 2.97. The molecule has 1 aliphatic rings. The van der Waals surface area contributed by atoms with E-state index in [1.807, 2.05) is 4.68 Å². The summed E-state index contributed by atoms with van der Waals surface area (Å²) in [6, 6.07) is 21.2. The zero-order valence-electron chi connectivity index (χ0n) is 15.9. The molecule has 140 valence electrons. The Morgan fingerprint density at radius 2 is 1.86 bits per heavy atom. The van der Waals surface area contributed by atoms with Gasteiger partial charge in [-0.15, -0.1) is 5.10 Å². The summed E-state index contributed by atoms with van der Waals surface area (Å²) >= 11 is 5.80. The topological polar surface area (TPSA) is 26.7 Å². The van der Waals surface area contributed by atoms with Crippen molar-refractivity contribution < 1.29 is 4.90 Å². The minimum absolute atomic E-state index is 0.775. The summed E-state index contributed by atoms with van der Waals surface area (Å²) in [5.74, 6) is 0. The highest BCUT2D eigenvalue weighted by molar-refractivity contribution is 7.71. The highest BCUT2D eigenvalue weighted by Crippen LogP contribution is 2.21. The van der Waals surface area contributed by atoms with Gasteiger partial charge in [-0.3, -0.25) is 4.40 Å². The zero-order chi connectivity index (χ0) is 19.1. The first-order valence-electron chi connectivity index (χ1n) is 9.76. The van der Waals surface area contributed by atoms with Gasteiger partial charge in [-0.2, -0.15) is 4.68 Å². The van der Waals surface area contributed by atoms with Crippen molar-refractivity contribution in [1.82, 2.24) is 14.2 Å². The van der Waals surface area contributed by atoms with Crippen molar-refractivity contribution in [1.29, 1.82) is 0 Å². The van der Waals surface area contributed by atoms with Crippen LogP contribution in [0.5, 0.6) is 0 Å². The Kier molecular flexibility index (Phi) is 4.34. The lowest BCUT2D eigenvalue weighted by Crippen LogP contribution is -3.11. The Morgan fingerprint density at radius 3 is 2.64 bits per heavy atom. The van der Waals surface area contributed by atoms with E-state index in [1.165, 1.54) is 27.0 Å². The van der Waals surface area contributed by atoms with Crippen molar-refractivity contribution in [2.45, 2.75) is 20.0 Å². The van der Waals surface area contributed by atoms with Crippen LogP contribution >= 0.6 is 12.2 Å². The number of fused-ring (bicyclic) bond motifs is 3. The number of aryl methyl sites for hydroxylation is 1. The first kappa shape index (κ1) is 17.3. The largest absolute Gasteiger partial charge is 0.313 e. The fourth-order valence-corrected chi connectivity index (χ4v) is 4.47. The van der Waals surface area contributed by atoms with Gasteiger partial charge in [-0.05, 0) is 54.1 Å². The fourth-order valence-electron chi connectivity index (χ4n) is 4.17. The molecule has 0 saturated carbocycles. The molecule has 2 aromatic carbocycles. The summed E-state index contributed by atoms with van der Waals surface area (Å²) in [5, 5.41) is 6.06. The molecule has 5 rings (SSSR count). The van der Waals surface area contributed by atoms with Gasteiger partial charge in [0.2, 0.25) is 4.77 Å². The smallest absolute Gasteiger partial charge is 0.207 e. The Bertz CT molecular complexity index is 1250. The number of aromatic nitrogens is 3. The van der Waals surface area contributed by atoms with E-state index in [-0.39, 0.29) is 0 Å². The first-order chi connectivity index (χ1) is 13.7. The molecule has 1 aliphatic heterocycles. The molecular formula is C23H23N4S+. The summed E-state index contributed by atoms with van der Waals surface area (Å²) in [7, 11) is 0. The molecule has 0 amide bonds. The lowest BCUT2D eigenvalue weighted by molar-refractivity contribution is -0.918. The van der Waals surface area contributed by atoms with Crippen molar-refractivity contribution in [3.05, 3.63) is 82.6 Å². The van der Waals surface area contributed by atoms with Crippen LogP contribution in [-0.2, 0) is 6.67 Å². The second-order valence-corrected chi connectivity index (χ2v) is 7.89. The summed E-state index contributed by atoms with van der Waals surface area (Å²) in [6.45, 7) is 5.03. The molecule has 1 atom stereocenters. The summed E-state index contributed by atoms with van der Waals surface area (Å²) in [5.41, 5.74) is 6.08. The van der Waals surface area contributed by atoms with Crippen molar-refractivity contribution >= 4 is 34.3 Å². The van der Waals surface area contributed by atoms with Crippen molar-refractivity contribution in [2.24, 2.45) is 0 Å². The van der Waals surface area contributed by atoms with Crippen LogP contribution in [0.2, 0.25) is 0 Å². The Hall–Kier alpha value is -2.76. The van der Waals surface area contributed by atoms with Crippen molar-refractivity contribution in [3.8, 4) is 0 Å². The van der Waals surface area contributed by atoms with Crippen LogP contribution in [0.1, 0.15) is 17.5 Å². The third-order valence-corrected chi connectivity index (χ3v) is 6.08. The number of nitrogens with one attached hydrogen (secondary N) is 1. The molecule has 0 fully saturated rings. The molecule has 3 heterocycles. The quantitative estimate of drug-likeness (QED) is 0.543. The summed E-state index contributed by atoms with van der Waals surface area (Å²) < 4.78 is 4.87. The lowest BCUT2D eigenvalue weighted by Gasteiger charge is -2.23. The SMILES string of the molecule is Cc1cc2nn(C[NH+]3CC=C(c4ccccc4)CC3)c(=S)n2c2ccccc12. The molecule has 0 radical (unpaired) electrons. The average molecular weight is 388 g/mol. The van der Waals surface area contributed by atoms with E-state index < -0.39 is 0 Å². The monoisotopic (exact) mass is 387 g/mol. The highest BCUT2D eigenvalue weighted by Gasteiger charge is 2.18. The van der Waals surface area contributed by atoms with E-state index in [4.69, 9.17) is 17.3 Å². The van der Waals surface area contributed by atoms with Crippen LogP contribution in [0.3, 0.4) is 0 Å². The molecule has 0 spiro atoms. The van der Waals surface area contributed by atoms with Gasteiger partial charge in [0.05, 0.1) is 18.6 Å². The van der Waals surface area contributed by atoms with Crippen molar-refractivity contribution in [2.75, 3.05) is 13.1 Å². The molecule has 28 heavy (non-hydrogen) atoms. The van der Waals surface area contributed by atoms with E-state index in [9.17, 15) is 0 Å². The number of quaternary nitrogens is 1. The van der Waals surface area contributed by atoms with Crippen LogP contribution < -0.4 is 4.90 Å². The number of rotatable bonds is 3. The molecule has 1 unspecified atom stereocenters. The van der Waals surface area contributed by atoms with Crippen LogP contribution in [0.4, 0.5) is 0 Å². The molecule has 4 aromatic rings. The molecule has 4 nitrogen and oxygen atoms in total. The van der Waals surface area contributed by atoms with Gasteiger partial charge in [-0.1, -0.05) is 48.5 Å². The third-order valence-electron chi connectivity index (χ3n) is 5.68. The molecule has 5 heteroatoms. The number of benzene rings is 2. The average Bonchev–Trinajstić information content (AvgIpc) is 3.04. The van der Waals surface area contributed by atoms with Crippen LogP contribution in [-0.4, -0.2) is 27.3 Å². The molecule has 2 aromatic heterocycles. The van der Waals surface area contributed by atoms with Gasteiger partial charge in [-0.25, -0.2) is 0 Å². The van der Waals surface area contributed by atoms with Crippen LogP contribution in [0, 0.1) is 11.7 Å². The summed E-state index contributed by atoms with van der Waals surface area (Å²) in [6.07, 6.45) is 3.45. The number of nitrogens with zero attached hydrogens (tertiary/aromatic N) is 3.